The molecule has 0 amide bonds. The van der Waals surface area contributed by atoms with Crippen LogP contribution >= 0.6 is 0 Å². The molecule has 0 aliphatic rings. The normalized spacial score (nSPS) is 11.1. The van der Waals surface area contributed by atoms with Gasteiger partial charge in [-0.3, -0.25) is 22.2 Å². The van der Waals surface area contributed by atoms with Crippen LogP contribution in [-0.2, 0) is 6.42 Å². The summed E-state index contributed by atoms with van der Waals surface area (Å²) in [5.74, 6) is 0.450. The van der Waals surface area contributed by atoms with E-state index in [2.05, 4.69) is 22.1 Å². The molecule has 1 rings (SSSR count). The highest BCUT2D eigenvalue weighted by molar-refractivity contribution is 5.75. The second-order valence-corrected chi connectivity index (χ2v) is 3.16. The first-order valence-corrected chi connectivity index (χ1v) is 4.73. The largest absolute Gasteiger partial charge is 0.385 e. The number of guanidine groups is 2. The van der Waals surface area contributed by atoms with E-state index in [0.29, 0.717) is 5.96 Å². The third-order valence-electron chi connectivity index (χ3n) is 1.85. The molecule has 5 nitrogen and oxygen atoms in total. The van der Waals surface area contributed by atoms with E-state index < -0.39 is 0 Å². The van der Waals surface area contributed by atoms with Crippen molar-refractivity contribution in [2.45, 2.75) is 6.42 Å². The maximum atomic E-state index is 5.55. The molecular formula is C10H17N5+2. The highest BCUT2D eigenvalue weighted by atomic mass is 15.1. The Hall–Kier alpha value is -2.04. The monoisotopic (exact) mass is 207 g/mol. The fourth-order valence-corrected chi connectivity index (χ4v) is 1.19. The van der Waals surface area contributed by atoms with E-state index in [0.717, 1.165) is 13.0 Å². The van der Waals surface area contributed by atoms with Crippen molar-refractivity contribution in [3.63, 3.8) is 0 Å². The van der Waals surface area contributed by atoms with Gasteiger partial charge in [-0.25, -0.2) is 0 Å². The van der Waals surface area contributed by atoms with Crippen molar-refractivity contribution < 1.29 is 9.98 Å². The number of hydrogen-bond acceptors (Lipinski definition) is 0. The molecule has 5 heteroatoms. The Labute approximate surface area is 88.7 Å². The predicted molar refractivity (Wildman–Crippen MR) is 59.5 cm³/mol. The van der Waals surface area contributed by atoms with Gasteiger partial charge in [0.25, 0.3) is 0 Å². The van der Waals surface area contributed by atoms with Gasteiger partial charge in [-0.15, -0.1) is 0 Å². The first kappa shape index (κ1) is 11.0. The van der Waals surface area contributed by atoms with Gasteiger partial charge in [-0.2, -0.15) is 4.99 Å². The van der Waals surface area contributed by atoms with Crippen LogP contribution in [0.5, 0.6) is 0 Å². The Morgan fingerprint density at radius 3 is 2.33 bits per heavy atom. The third-order valence-corrected chi connectivity index (χ3v) is 1.85. The number of rotatable bonds is 3. The number of benzene rings is 1. The van der Waals surface area contributed by atoms with Crippen molar-refractivity contribution in [1.82, 2.24) is 0 Å². The topological polar surface area (TPSA) is 106 Å². The Morgan fingerprint density at radius 1 is 1.07 bits per heavy atom. The predicted octanol–water partition coefficient (Wildman–Crippen LogP) is -4.02. The lowest BCUT2D eigenvalue weighted by atomic mass is 10.2. The Balaban J connectivity index is 2.42. The zero-order chi connectivity index (χ0) is 11.1. The molecule has 0 saturated heterocycles. The zero-order valence-electron chi connectivity index (χ0n) is 8.53. The molecule has 8 N–H and O–H groups in total. The molecular weight excluding hydrogens is 190 g/mol. The molecule has 0 heterocycles. The van der Waals surface area contributed by atoms with E-state index in [1.807, 2.05) is 18.2 Å². The maximum Gasteiger partial charge on any atom is 0.385 e. The fourth-order valence-electron chi connectivity index (χ4n) is 1.19. The Kier molecular flexibility index (Phi) is 4.15. The average Bonchev–Trinajstić information content (AvgIpc) is 2.18. The summed E-state index contributed by atoms with van der Waals surface area (Å²) in [4.78, 5) is 5.55. The van der Waals surface area contributed by atoms with Crippen molar-refractivity contribution >= 4 is 11.9 Å². The summed E-state index contributed by atoms with van der Waals surface area (Å²) in [6.07, 6.45) is 0.897. The molecule has 80 valence electrons. The third kappa shape index (κ3) is 4.66. The number of nitrogens with one attached hydrogen (secondary N) is 2. The van der Waals surface area contributed by atoms with E-state index in [-0.39, 0.29) is 5.96 Å². The van der Waals surface area contributed by atoms with Gasteiger partial charge in [-0.05, 0) is 5.56 Å². The summed E-state index contributed by atoms with van der Waals surface area (Å²) < 4.78 is 0. The first-order valence-electron chi connectivity index (χ1n) is 4.73. The Morgan fingerprint density at radius 2 is 1.73 bits per heavy atom. The SMILES string of the molecule is NC(N)=[NH+]C(N)=[NH+]CCc1ccccc1. The van der Waals surface area contributed by atoms with Crippen molar-refractivity contribution in [1.29, 1.82) is 0 Å². The second kappa shape index (κ2) is 5.64. The van der Waals surface area contributed by atoms with Gasteiger partial charge in [-0.1, -0.05) is 30.3 Å². The molecule has 0 aliphatic carbocycles. The second-order valence-electron chi connectivity index (χ2n) is 3.16. The van der Waals surface area contributed by atoms with Crippen molar-refractivity contribution in [2.24, 2.45) is 17.2 Å². The number of nitrogens with two attached hydrogens (primary N) is 3. The van der Waals surface area contributed by atoms with Gasteiger partial charge in [0.1, 0.15) is 0 Å². The van der Waals surface area contributed by atoms with Gasteiger partial charge in [0, 0.05) is 6.42 Å². The molecule has 1 aromatic carbocycles. The molecule has 0 radical (unpaired) electrons. The van der Waals surface area contributed by atoms with E-state index in [1.54, 1.807) is 0 Å². The highest BCUT2D eigenvalue weighted by Gasteiger charge is 1.97. The smallest absolute Gasteiger partial charge is 0.275 e. The summed E-state index contributed by atoms with van der Waals surface area (Å²) >= 11 is 0. The minimum Gasteiger partial charge on any atom is -0.275 e. The molecule has 0 bridgehead atoms. The summed E-state index contributed by atoms with van der Waals surface area (Å²) in [7, 11) is 0. The highest BCUT2D eigenvalue weighted by Crippen LogP contribution is 1.96. The quantitative estimate of drug-likeness (QED) is 0.257. The van der Waals surface area contributed by atoms with Gasteiger partial charge in [0.2, 0.25) is 0 Å². The van der Waals surface area contributed by atoms with E-state index >= 15 is 0 Å². The summed E-state index contributed by atoms with van der Waals surface area (Å²) in [5.41, 5.74) is 17.2. The van der Waals surface area contributed by atoms with Crippen LogP contribution in [0.25, 0.3) is 0 Å². The van der Waals surface area contributed by atoms with Crippen LogP contribution in [0.1, 0.15) is 5.56 Å². The van der Waals surface area contributed by atoms with Crippen LogP contribution < -0.4 is 27.2 Å². The van der Waals surface area contributed by atoms with Crippen LogP contribution in [0.2, 0.25) is 0 Å². The standard InChI is InChI=1S/C10H15N5/c11-9(12)15-10(13)14-7-6-8-4-2-1-3-5-8/h1-5H,6-7H2,(H6,11,12,13,14,15)/p+2. The lowest BCUT2D eigenvalue weighted by Gasteiger charge is -1.95. The minimum absolute atomic E-state index is 0.0831. The Bertz CT molecular complexity index is 351. The van der Waals surface area contributed by atoms with Crippen LogP contribution in [0.15, 0.2) is 30.3 Å². The summed E-state index contributed by atoms with van der Waals surface area (Å²) in [6, 6.07) is 10.1. The average molecular weight is 207 g/mol. The van der Waals surface area contributed by atoms with Crippen molar-refractivity contribution in [3.05, 3.63) is 35.9 Å². The van der Waals surface area contributed by atoms with E-state index in [4.69, 9.17) is 17.2 Å². The zero-order valence-corrected chi connectivity index (χ0v) is 8.53. The van der Waals surface area contributed by atoms with Crippen LogP contribution in [0.3, 0.4) is 0 Å². The maximum absolute atomic E-state index is 5.55. The molecule has 0 saturated carbocycles. The molecule has 0 unspecified atom stereocenters. The molecule has 15 heavy (non-hydrogen) atoms. The van der Waals surface area contributed by atoms with Gasteiger partial charge < -0.3 is 0 Å². The first-order chi connectivity index (χ1) is 7.18. The molecule has 0 fully saturated rings. The summed E-state index contributed by atoms with van der Waals surface area (Å²) in [6.45, 7) is 0.732. The lowest BCUT2D eigenvalue weighted by Crippen LogP contribution is -2.98. The van der Waals surface area contributed by atoms with E-state index in [9.17, 15) is 0 Å². The fraction of sp³-hybridized carbons (Fsp3) is 0.200. The van der Waals surface area contributed by atoms with E-state index in [1.165, 1.54) is 5.56 Å². The number of hydrogen-bond donors (Lipinski definition) is 5. The summed E-state index contributed by atoms with van der Waals surface area (Å²) in [5, 5.41) is 0. The van der Waals surface area contributed by atoms with Gasteiger partial charge in [0.05, 0.1) is 6.54 Å². The van der Waals surface area contributed by atoms with Gasteiger partial charge in [0.15, 0.2) is 0 Å². The molecule has 0 spiro atoms. The molecule has 1 aromatic rings. The molecule has 0 aromatic heterocycles. The van der Waals surface area contributed by atoms with Crippen molar-refractivity contribution in [3.8, 4) is 0 Å². The van der Waals surface area contributed by atoms with Crippen LogP contribution in [0, 0.1) is 0 Å². The van der Waals surface area contributed by atoms with Crippen LogP contribution in [-0.4, -0.2) is 18.5 Å². The van der Waals surface area contributed by atoms with Crippen molar-refractivity contribution in [2.75, 3.05) is 6.54 Å². The molecule has 0 aliphatic heterocycles. The lowest BCUT2D eigenvalue weighted by molar-refractivity contribution is -0.522. The van der Waals surface area contributed by atoms with Gasteiger partial charge >= 0.3 is 11.9 Å². The molecule has 0 atom stereocenters. The van der Waals surface area contributed by atoms with Crippen LogP contribution in [0.4, 0.5) is 0 Å². The minimum atomic E-state index is 0.0831.